The van der Waals surface area contributed by atoms with Gasteiger partial charge in [0, 0.05) is 0 Å². The molecule has 0 spiro atoms. The Morgan fingerprint density at radius 1 is 1.08 bits per heavy atom. The molecular weight excluding hydrogens is 164 g/mol. The lowest BCUT2D eigenvalue weighted by molar-refractivity contribution is 0.448. The Labute approximate surface area is 78.8 Å². The van der Waals surface area contributed by atoms with Crippen LogP contribution in [0, 0.1) is 0 Å². The minimum absolute atomic E-state index is 0.248. The van der Waals surface area contributed by atoms with Crippen molar-refractivity contribution < 1.29 is 10.2 Å². The number of aromatic hydroxyl groups is 2. The molecule has 13 heavy (non-hydrogen) atoms. The highest BCUT2D eigenvalue weighted by Gasteiger charge is 2.07. The zero-order valence-electron chi connectivity index (χ0n) is 8.17. The third-order valence-electron chi connectivity index (χ3n) is 2.15. The first kappa shape index (κ1) is 9.90. The van der Waals surface area contributed by atoms with Crippen LogP contribution in [0.4, 0.5) is 0 Å². The van der Waals surface area contributed by atoms with Gasteiger partial charge in [0.15, 0.2) is 0 Å². The minimum atomic E-state index is 0.248. The van der Waals surface area contributed by atoms with Gasteiger partial charge in [-0.05, 0) is 36.1 Å². The Balaban J connectivity index is 3.11. The lowest BCUT2D eigenvalue weighted by atomic mass is 10.0. The van der Waals surface area contributed by atoms with E-state index < -0.39 is 0 Å². The van der Waals surface area contributed by atoms with Crippen LogP contribution >= 0.6 is 0 Å². The molecule has 1 rings (SSSR count). The van der Waals surface area contributed by atoms with Crippen LogP contribution < -0.4 is 0 Å². The molecule has 0 unspecified atom stereocenters. The fraction of sp³-hybridized carbons (Fsp3) is 0.455. The van der Waals surface area contributed by atoms with Crippen molar-refractivity contribution in [3.63, 3.8) is 0 Å². The van der Waals surface area contributed by atoms with Gasteiger partial charge in [-0.2, -0.15) is 0 Å². The molecule has 0 aliphatic carbocycles. The van der Waals surface area contributed by atoms with E-state index in [1.165, 1.54) is 0 Å². The molecule has 0 amide bonds. The fourth-order valence-electron chi connectivity index (χ4n) is 1.47. The monoisotopic (exact) mass is 180 g/mol. The van der Waals surface area contributed by atoms with E-state index in [2.05, 4.69) is 6.92 Å². The molecule has 0 aliphatic heterocycles. The summed E-state index contributed by atoms with van der Waals surface area (Å²) in [6.45, 7) is 4.01. The molecule has 2 N–H and O–H groups in total. The van der Waals surface area contributed by atoms with Crippen LogP contribution in [-0.2, 0) is 12.8 Å². The smallest absolute Gasteiger partial charge is 0.122 e. The largest absolute Gasteiger partial charge is 0.508 e. The molecule has 0 atom stereocenters. The Kier molecular flexibility index (Phi) is 3.18. The van der Waals surface area contributed by atoms with Crippen molar-refractivity contribution in [3.05, 3.63) is 23.3 Å². The first-order valence-corrected chi connectivity index (χ1v) is 4.72. The van der Waals surface area contributed by atoms with Gasteiger partial charge in [0.2, 0.25) is 0 Å². The van der Waals surface area contributed by atoms with Crippen LogP contribution in [0.2, 0.25) is 0 Å². The van der Waals surface area contributed by atoms with E-state index in [9.17, 15) is 10.2 Å². The number of hydrogen-bond acceptors (Lipinski definition) is 2. The van der Waals surface area contributed by atoms with Gasteiger partial charge < -0.3 is 10.2 Å². The van der Waals surface area contributed by atoms with Crippen LogP contribution in [0.5, 0.6) is 11.5 Å². The standard InChI is InChI=1S/C11H16O2/c1-3-5-9-7-10(12)6-8(4-2)11(9)13/h6-7,12-13H,3-5H2,1-2H3. The lowest BCUT2D eigenvalue weighted by Gasteiger charge is -2.08. The summed E-state index contributed by atoms with van der Waals surface area (Å²) in [5, 5.41) is 19.1. The molecule has 0 bridgehead atoms. The summed E-state index contributed by atoms with van der Waals surface area (Å²) in [7, 11) is 0. The molecule has 0 aliphatic rings. The number of rotatable bonds is 3. The number of phenols is 2. The van der Waals surface area contributed by atoms with Gasteiger partial charge >= 0.3 is 0 Å². The van der Waals surface area contributed by atoms with Crippen LogP contribution in [0.15, 0.2) is 12.1 Å². The Hall–Kier alpha value is -1.18. The summed E-state index contributed by atoms with van der Waals surface area (Å²) in [5.41, 5.74) is 1.67. The van der Waals surface area contributed by atoms with E-state index >= 15 is 0 Å². The molecule has 0 radical (unpaired) electrons. The Morgan fingerprint density at radius 3 is 2.23 bits per heavy atom. The zero-order valence-corrected chi connectivity index (χ0v) is 8.17. The summed E-state index contributed by atoms with van der Waals surface area (Å²) < 4.78 is 0. The van der Waals surface area contributed by atoms with Gasteiger partial charge in [-0.3, -0.25) is 0 Å². The predicted octanol–water partition coefficient (Wildman–Crippen LogP) is 2.61. The molecule has 72 valence electrons. The summed E-state index contributed by atoms with van der Waals surface area (Å²) in [4.78, 5) is 0. The highest BCUT2D eigenvalue weighted by molar-refractivity contribution is 5.45. The van der Waals surface area contributed by atoms with Crippen molar-refractivity contribution >= 4 is 0 Å². The molecule has 2 heteroatoms. The molecule has 1 aromatic rings. The van der Waals surface area contributed by atoms with Crippen molar-refractivity contribution in [2.75, 3.05) is 0 Å². The Bertz CT molecular complexity index is 292. The summed E-state index contributed by atoms with van der Waals surface area (Å²) >= 11 is 0. The van der Waals surface area contributed by atoms with Crippen molar-refractivity contribution in [2.24, 2.45) is 0 Å². The average Bonchev–Trinajstić information content (AvgIpc) is 2.11. The first-order valence-electron chi connectivity index (χ1n) is 4.72. The fourth-order valence-corrected chi connectivity index (χ4v) is 1.47. The Morgan fingerprint density at radius 2 is 1.69 bits per heavy atom. The number of benzene rings is 1. The van der Waals surface area contributed by atoms with Crippen LogP contribution in [0.25, 0.3) is 0 Å². The van der Waals surface area contributed by atoms with Crippen molar-refractivity contribution in [1.29, 1.82) is 0 Å². The second kappa shape index (κ2) is 4.17. The third kappa shape index (κ3) is 2.14. The quantitative estimate of drug-likeness (QED) is 0.702. The third-order valence-corrected chi connectivity index (χ3v) is 2.15. The summed E-state index contributed by atoms with van der Waals surface area (Å²) in [6.07, 6.45) is 2.53. The van der Waals surface area contributed by atoms with Crippen LogP contribution in [-0.4, -0.2) is 10.2 Å². The lowest BCUT2D eigenvalue weighted by Crippen LogP contribution is -1.89. The molecule has 0 fully saturated rings. The van der Waals surface area contributed by atoms with E-state index in [1.54, 1.807) is 12.1 Å². The topological polar surface area (TPSA) is 40.5 Å². The maximum atomic E-state index is 9.73. The number of aryl methyl sites for hydroxylation is 2. The van der Waals surface area contributed by atoms with Gasteiger partial charge in [-0.15, -0.1) is 0 Å². The molecule has 0 saturated heterocycles. The van der Waals surface area contributed by atoms with Gasteiger partial charge in [-0.25, -0.2) is 0 Å². The maximum absolute atomic E-state index is 9.73. The SMILES string of the molecule is CCCc1cc(O)cc(CC)c1O. The van der Waals surface area contributed by atoms with E-state index in [-0.39, 0.29) is 5.75 Å². The van der Waals surface area contributed by atoms with Crippen molar-refractivity contribution in [2.45, 2.75) is 33.1 Å². The molecule has 0 aromatic heterocycles. The number of hydrogen-bond donors (Lipinski definition) is 2. The zero-order chi connectivity index (χ0) is 9.84. The van der Waals surface area contributed by atoms with E-state index in [1.807, 2.05) is 6.92 Å². The van der Waals surface area contributed by atoms with Gasteiger partial charge in [0.1, 0.15) is 11.5 Å². The highest BCUT2D eigenvalue weighted by atomic mass is 16.3. The second-order valence-electron chi connectivity index (χ2n) is 3.22. The van der Waals surface area contributed by atoms with Crippen LogP contribution in [0.3, 0.4) is 0 Å². The van der Waals surface area contributed by atoms with Gasteiger partial charge in [-0.1, -0.05) is 20.3 Å². The molecular formula is C11H16O2. The van der Waals surface area contributed by atoms with E-state index in [4.69, 9.17) is 0 Å². The first-order chi connectivity index (χ1) is 6.19. The maximum Gasteiger partial charge on any atom is 0.122 e. The molecule has 0 saturated carbocycles. The predicted molar refractivity (Wildman–Crippen MR) is 53.1 cm³/mol. The van der Waals surface area contributed by atoms with E-state index in [0.29, 0.717) is 5.75 Å². The molecule has 2 nitrogen and oxygen atoms in total. The van der Waals surface area contributed by atoms with Crippen molar-refractivity contribution in [1.82, 2.24) is 0 Å². The second-order valence-corrected chi connectivity index (χ2v) is 3.22. The minimum Gasteiger partial charge on any atom is -0.508 e. The van der Waals surface area contributed by atoms with Gasteiger partial charge in [0.25, 0.3) is 0 Å². The normalized spacial score (nSPS) is 10.3. The average molecular weight is 180 g/mol. The summed E-state index contributed by atoms with van der Waals surface area (Å²) in [5.74, 6) is 0.597. The van der Waals surface area contributed by atoms with Crippen LogP contribution in [0.1, 0.15) is 31.4 Å². The van der Waals surface area contributed by atoms with E-state index in [0.717, 1.165) is 30.4 Å². The van der Waals surface area contributed by atoms with Crippen molar-refractivity contribution in [3.8, 4) is 11.5 Å². The molecule has 0 heterocycles. The summed E-state index contributed by atoms with van der Waals surface area (Å²) in [6, 6.07) is 3.26. The highest BCUT2D eigenvalue weighted by Crippen LogP contribution is 2.28. The van der Waals surface area contributed by atoms with Gasteiger partial charge in [0.05, 0.1) is 0 Å². The molecule has 1 aromatic carbocycles. The number of phenolic OH excluding ortho intramolecular Hbond substituents is 2.